The SMILES string of the molecule is CCOC(CCNC(=NC)NCCCOCC1CCCO1)C1CCCC1.I. The van der Waals surface area contributed by atoms with Gasteiger partial charge in [-0.05, 0) is 51.4 Å². The Morgan fingerprint density at radius 3 is 2.59 bits per heavy atom. The number of aliphatic imine (C=N–C) groups is 1. The van der Waals surface area contributed by atoms with Crippen molar-refractivity contribution in [3.8, 4) is 0 Å². The fourth-order valence-corrected chi connectivity index (χ4v) is 3.92. The van der Waals surface area contributed by atoms with Crippen LogP contribution in [0.3, 0.4) is 0 Å². The lowest BCUT2D eigenvalue weighted by Crippen LogP contribution is -2.40. The molecule has 0 amide bonds. The molecule has 0 aromatic heterocycles. The number of nitrogens with zero attached hydrogens (tertiary/aromatic N) is 1. The second-order valence-electron chi connectivity index (χ2n) is 7.32. The van der Waals surface area contributed by atoms with Gasteiger partial charge in [-0.1, -0.05) is 12.8 Å². The molecule has 2 rings (SSSR count). The van der Waals surface area contributed by atoms with Gasteiger partial charge in [0.25, 0.3) is 0 Å². The summed E-state index contributed by atoms with van der Waals surface area (Å²) in [5, 5.41) is 6.78. The summed E-state index contributed by atoms with van der Waals surface area (Å²) < 4.78 is 17.2. The number of hydrogen-bond acceptors (Lipinski definition) is 4. The number of rotatable bonds is 12. The third kappa shape index (κ3) is 10.3. The Morgan fingerprint density at radius 2 is 1.93 bits per heavy atom. The van der Waals surface area contributed by atoms with E-state index >= 15 is 0 Å². The third-order valence-corrected chi connectivity index (χ3v) is 5.34. The molecular weight excluding hydrogens is 457 g/mol. The average molecular weight is 497 g/mol. The number of nitrogens with one attached hydrogen (secondary N) is 2. The van der Waals surface area contributed by atoms with Crippen LogP contribution >= 0.6 is 24.0 Å². The zero-order valence-electron chi connectivity index (χ0n) is 17.2. The number of guanidine groups is 1. The van der Waals surface area contributed by atoms with Gasteiger partial charge < -0.3 is 24.8 Å². The van der Waals surface area contributed by atoms with Crippen molar-refractivity contribution < 1.29 is 14.2 Å². The summed E-state index contributed by atoms with van der Waals surface area (Å²) in [5.74, 6) is 1.61. The highest BCUT2D eigenvalue weighted by atomic mass is 127. The molecule has 1 heterocycles. The van der Waals surface area contributed by atoms with E-state index in [1.807, 2.05) is 7.05 Å². The molecule has 6 nitrogen and oxygen atoms in total. The molecule has 2 fully saturated rings. The quantitative estimate of drug-likeness (QED) is 0.188. The molecule has 2 N–H and O–H groups in total. The van der Waals surface area contributed by atoms with Crippen LogP contribution in [0.15, 0.2) is 4.99 Å². The minimum Gasteiger partial charge on any atom is -0.379 e. The molecule has 0 spiro atoms. The Bertz CT molecular complexity index is 387. The summed E-state index contributed by atoms with van der Waals surface area (Å²) in [6.45, 7) is 7.04. The van der Waals surface area contributed by atoms with Gasteiger partial charge in [0, 0.05) is 40.0 Å². The highest BCUT2D eigenvalue weighted by Crippen LogP contribution is 2.30. The van der Waals surface area contributed by atoms with Gasteiger partial charge in [0.05, 0.1) is 18.8 Å². The number of ether oxygens (including phenoxy) is 3. The smallest absolute Gasteiger partial charge is 0.190 e. The molecule has 1 saturated carbocycles. The molecule has 1 saturated heterocycles. The lowest BCUT2D eigenvalue weighted by molar-refractivity contribution is 0.0166. The molecule has 0 aromatic carbocycles. The molecule has 2 aliphatic rings. The van der Waals surface area contributed by atoms with Crippen molar-refractivity contribution in [1.82, 2.24) is 10.6 Å². The third-order valence-electron chi connectivity index (χ3n) is 5.34. The van der Waals surface area contributed by atoms with Crippen LogP contribution in [0.4, 0.5) is 0 Å². The first-order valence-electron chi connectivity index (χ1n) is 10.6. The maximum atomic E-state index is 5.98. The Balaban J connectivity index is 0.00000364. The van der Waals surface area contributed by atoms with Crippen molar-refractivity contribution in [1.29, 1.82) is 0 Å². The molecule has 2 unspecified atom stereocenters. The van der Waals surface area contributed by atoms with Crippen molar-refractivity contribution in [2.45, 2.75) is 70.5 Å². The maximum Gasteiger partial charge on any atom is 0.190 e. The van der Waals surface area contributed by atoms with Crippen LogP contribution in [0.5, 0.6) is 0 Å². The summed E-state index contributed by atoms with van der Waals surface area (Å²) >= 11 is 0. The van der Waals surface area contributed by atoms with Crippen LogP contribution in [0.1, 0.15) is 58.3 Å². The van der Waals surface area contributed by atoms with Crippen LogP contribution in [0.2, 0.25) is 0 Å². The van der Waals surface area contributed by atoms with Crippen LogP contribution in [-0.4, -0.2) is 64.7 Å². The summed E-state index contributed by atoms with van der Waals surface area (Å²) in [7, 11) is 1.82. The van der Waals surface area contributed by atoms with Crippen LogP contribution in [-0.2, 0) is 14.2 Å². The fraction of sp³-hybridized carbons (Fsp3) is 0.950. The Hall–Kier alpha value is -0.120. The van der Waals surface area contributed by atoms with Crippen LogP contribution in [0.25, 0.3) is 0 Å². The summed E-state index contributed by atoms with van der Waals surface area (Å²) in [6, 6.07) is 0. The highest BCUT2D eigenvalue weighted by molar-refractivity contribution is 14.0. The molecule has 0 bridgehead atoms. The Morgan fingerprint density at radius 1 is 1.15 bits per heavy atom. The standard InChI is InChI=1S/C20H39N3O3.HI/c1-3-25-19(17-8-4-5-9-17)11-13-23-20(21-2)22-12-7-14-24-16-18-10-6-15-26-18;/h17-19H,3-16H2,1-2H3,(H2,21,22,23);1H. The lowest BCUT2D eigenvalue weighted by atomic mass is 9.98. The molecule has 160 valence electrons. The van der Waals surface area contributed by atoms with E-state index in [1.165, 1.54) is 32.1 Å². The van der Waals surface area contributed by atoms with Gasteiger partial charge in [-0.25, -0.2) is 0 Å². The minimum absolute atomic E-state index is 0. The van der Waals surface area contributed by atoms with E-state index in [1.54, 1.807) is 0 Å². The van der Waals surface area contributed by atoms with E-state index < -0.39 is 0 Å². The second-order valence-corrected chi connectivity index (χ2v) is 7.32. The fourth-order valence-electron chi connectivity index (χ4n) is 3.92. The van der Waals surface area contributed by atoms with Gasteiger partial charge in [0.1, 0.15) is 0 Å². The number of halogens is 1. The van der Waals surface area contributed by atoms with Crippen LogP contribution in [0, 0.1) is 5.92 Å². The highest BCUT2D eigenvalue weighted by Gasteiger charge is 2.25. The average Bonchev–Trinajstić information content (AvgIpc) is 3.36. The van der Waals surface area contributed by atoms with E-state index in [0.717, 1.165) is 70.7 Å². The minimum atomic E-state index is 0. The second kappa shape index (κ2) is 15.8. The predicted octanol–water partition coefficient (Wildman–Crippen LogP) is 3.34. The first kappa shape index (κ1) is 24.9. The molecule has 1 aliphatic heterocycles. The van der Waals surface area contributed by atoms with E-state index in [9.17, 15) is 0 Å². The number of hydrogen-bond donors (Lipinski definition) is 2. The normalized spacial score (nSPS) is 21.9. The van der Waals surface area contributed by atoms with Crippen LogP contribution < -0.4 is 10.6 Å². The summed E-state index contributed by atoms with van der Waals surface area (Å²) in [5.41, 5.74) is 0. The van der Waals surface area contributed by atoms with Gasteiger partial charge in [-0.15, -0.1) is 24.0 Å². The molecule has 0 aromatic rings. The Kier molecular flexibility index (Phi) is 14.5. The van der Waals surface area contributed by atoms with Crippen molar-refractivity contribution in [2.75, 3.05) is 46.6 Å². The first-order chi connectivity index (χ1) is 12.8. The van der Waals surface area contributed by atoms with Gasteiger partial charge in [0.15, 0.2) is 5.96 Å². The zero-order chi connectivity index (χ0) is 18.5. The van der Waals surface area contributed by atoms with E-state index in [2.05, 4.69) is 22.5 Å². The zero-order valence-corrected chi connectivity index (χ0v) is 19.5. The Labute approximate surface area is 182 Å². The van der Waals surface area contributed by atoms with Crippen molar-refractivity contribution in [3.63, 3.8) is 0 Å². The van der Waals surface area contributed by atoms with E-state index in [0.29, 0.717) is 12.2 Å². The summed E-state index contributed by atoms with van der Waals surface area (Å²) in [4.78, 5) is 4.30. The molecule has 27 heavy (non-hydrogen) atoms. The van der Waals surface area contributed by atoms with Gasteiger partial charge >= 0.3 is 0 Å². The monoisotopic (exact) mass is 497 g/mol. The van der Waals surface area contributed by atoms with Gasteiger partial charge in [-0.2, -0.15) is 0 Å². The molecule has 1 aliphatic carbocycles. The lowest BCUT2D eigenvalue weighted by Gasteiger charge is -2.24. The maximum absolute atomic E-state index is 5.98. The molecular formula is C20H40IN3O3. The molecule has 2 atom stereocenters. The van der Waals surface area contributed by atoms with E-state index in [-0.39, 0.29) is 24.0 Å². The van der Waals surface area contributed by atoms with Crippen molar-refractivity contribution in [3.05, 3.63) is 0 Å². The molecule has 7 heteroatoms. The van der Waals surface area contributed by atoms with Gasteiger partial charge in [-0.3, -0.25) is 4.99 Å². The van der Waals surface area contributed by atoms with Crippen molar-refractivity contribution in [2.24, 2.45) is 10.9 Å². The van der Waals surface area contributed by atoms with Gasteiger partial charge in [0.2, 0.25) is 0 Å². The van der Waals surface area contributed by atoms with E-state index in [4.69, 9.17) is 14.2 Å². The first-order valence-corrected chi connectivity index (χ1v) is 10.6. The predicted molar refractivity (Wildman–Crippen MR) is 121 cm³/mol. The molecule has 0 radical (unpaired) electrons. The topological polar surface area (TPSA) is 64.1 Å². The van der Waals surface area contributed by atoms with Crippen molar-refractivity contribution >= 4 is 29.9 Å². The largest absolute Gasteiger partial charge is 0.379 e. The summed E-state index contributed by atoms with van der Waals surface area (Å²) in [6.07, 6.45) is 10.4.